The zero-order valence-corrected chi connectivity index (χ0v) is 13.8. The van der Waals surface area contributed by atoms with Crippen LogP contribution in [0.3, 0.4) is 0 Å². The van der Waals surface area contributed by atoms with Crippen LogP contribution >= 0.6 is 0 Å². The number of fused-ring (bicyclic) bond motifs is 2. The Morgan fingerprint density at radius 3 is 2.88 bits per heavy atom. The monoisotopic (exact) mass is 333 g/mol. The topological polar surface area (TPSA) is 65.3 Å². The molecule has 1 fully saturated rings. The van der Waals surface area contributed by atoms with Crippen molar-refractivity contribution in [3.63, 3.8) is 0 Å². The van der Waals surface area contributed by atoms with Crippen molar-refractivity contribution in [3.05, 3.63) is 54.6 Å². The van der Waals surface area contributed by atoms with E-state index in [0.29, 0.717) is 0 Å². The van der Waals surface area contributed by atoms with E-state index in [2.05, 4.69) is 66.6 Å². The van der Waals surface area contributed by atoms with Crippen molar-refractivity contribution >= 4 is 22.2 Å². The van der Waals surface area contributed by atoms with Crippen molar-refractivity contribution in [2.45, 2.75) is 6.54 Å². The highest BCUT2D eigenvalue weighted by molar-refractivity contribution is 5.82. The van der Waals surface area contributed by atoms with Gasteiger partial charge in [-0.3, -0.25) is 4.90 Å². The van der Waals surface area contributed by atoms with Crippen molar-refractivity contribution in [1.82, 2.24) is 29.7 Å². The molecule has 0 saturated carbocycles. The summed E-state index contributed by atoms with van der Waals surface area (Å²) in [6.07, 6.45) is 5.66. The van der Waals surface area contributed by atoms with Crippen LogP contribution in [-0.2, 0) is 6.54 Å². The van der Waals surface area contributed by atoms with Crippen molar-refractivity contribution in [3.8, 4) is 0 Å². The van der Waals surface area contributed by atoms with Gasteiger partial charge in [0.2, 0.25) is 0 Å². The Bertz CT molecular complexity index is 1010. The highest BCUT2D eigenvalue weighted by Crippen LogP contribution is 2.21. The number of nitrogens with zero attached hydrogens (tertiary/aromatic N) is 6. The van der Waals surface area contributed by atoms with Crippen LogP contribution in [0.15, 0.2) is 49.1 Å². The van der Waals surface area contributed by atoms with E-state index < -0.39 is 0 Å². The minimum Gasteiger partial charge on any atom is -0.368 e. The molecule has 1 saturated heterocycles. The summed E-state index contributed by atoms with van der Waals surface area (Å²) in [7, 11) is 0. The average Bonchev–Trinajstić information content (AvgIpc) is 3.29. The van der Waals surface area contributed by atoms with E-state index >= 15 is 0 Å². The fourth-order valence-corrected chi connectivity index (χ4v) is 3.55. The first kappa shape index (κ1) is 14.4. The lowest BCUT2D eigenvalue weighted by atomic mass is 10.1. The molecule has 0 spiro atoms. The minimum atomic E-state index is 0.790. The molecule has 0 amide bonds. The van der Waals surface area contributed by atoms with E-state index in [1.165, 1.54) is 16.5 Å². The quantitative estimate of drug-likeness (QED) is 0.621. The summed E-state index contributed by atoms with van der Waals surface area (Å²) in [5.41, 5.74) is 4.49. The lowest BCUT2D eigenvalue weighted by Crippen LogP contribution is -2.46. The molecule has 1 N–H and O–H groups in total. The summed E-state index contributed by atoms with van der Waals surface area (Å²) in [6, 6.07) is 10.5. The molecule has 4 aromatic rings. The number of anilines is 1. The number of nitrogens with one attached hydrogen (secondary N) is 1. The number of benzene rings is 1. The van der Waals surface area contributed by atoms with Crippen molar-refractivity contribution in [2.75, 3.05) is 31.1 Å². The normalized spacial score (nSPS) is 16.1. The molecule has 0 radical (unpaired) electrons. The number of hydrogen-bond donors (Lipinski definition) is 1. The Kier molecular flexibility index (Phi) is 3.38. The predicted molar refractivity (Wildman–Crippen MR) is 96.6 cm³/mol. The number of aromatic amines is 1. The summed E-state index contributed by atoms with van der Waals surface area (Å²) in [6.45, 7) is 5.05. The highest BCUT2D eigenvalue weighted by Gasteiger charge is 2.19. The van der Waals surface area contributed by atoms with E-state index in [-0.39, 0.29) is 0 Å². The summed E-state index contributed by atoms with van der Waals surface area (Å²) in [5, 5.41) is 13.7. The molecule has 4 heterocycles. The Hall–Kier alpha value is -2.93. The number of para-hydroxylation sites is 1. The third kappa shape index (κ3) is 2.62. The highest BCUT2D eigenvalue weighted by atomic mass is 15.3. The van der Waals surface area contributed by atoms with Gasteiger partial charge < -0.3 is 9.88 Å². The number of H-pyrrole nitrogens is 1. The van der Waals surface area contributed by atoms with Gasteiger partial charge in [0.25, 0.3) is 0 Å². The van der Waals surface area contributed by atoms with Gasteiger partial charge in [0.1, 0.15) is 6.33 Å². The second-order valence-corrected chi connectivity index (χ2v) is 6.47. The maximum Gasteiger partial charge on any atom is 0.179 e. The van der Waals surface area contributed by atoms with Crippen molar-refractivity contribution < 1.29 is 0 Å². The molecule has 25 heavy (non-hydrogen) atoms. The average molecular weight is 333 g/mol. The van der Waals surface area contributed by atoms with Gasteiger partial charge in [-0.2, -0.15) is 5.10 Å². The molecular formula is C18H19N7. The van der Waals surface area contributed by atoms with Crippen LogP contribution in [-0.4, -0.2) is 55.9 Å². The largest absolute Gasteiger partial charge is 0.368 e. The molecule has 126 valence electrons. The number of piperazine rings is 1. The third-order valence-electron chi connectivity index (χ3n) is 4.95. The van der Waals surface area contributed by atoms with Crippen molar-refractivity contribution in [2.24, 2.45) is 0 Å². The summed E-state index contributed by atoms with van der Waals surface area (Å²) in [5.74, 6) is 0. The number of aromatic nitrogens is 5. The molecule has 1 aliphatic rings. The van der Waals surface area contributed by atoms with Gasteiger partial charge in [-0.15, -0.1) is 10.2 Å². The van der Waals surface area contributed by atoms with Crippen LogP contribution in [0.25, 0.3) is 16.6 Å². The fraction of sp³-hybridized carbons (Fsp3) is 0.278. The SMILES string of the molecule is c1ccc2c(CN3CCN(c4cnn5cnnc5c4)CC3)c[nH]c2c1. The Morgan fingerprint density at radius 2 is 1.96 bits per heavy atom. The van der Waals surface area contributed by atoms with Gasteiger partial charge >= 0.3 is 0 Å². The van der Waals surface area contributed by atoms with Crippen molar-refractivity contribution in [1.29, 1.82) is 0 Å². The Balaban J connectivity index is 1.28. The van der Waals surface area contributed by atoms with Gasteiger partial charge in [-0.25, -0.2) is 4.52 Å². The first-order valence-electron chi connectivity index (χ1n) is 8.55. The second-order valence-electron chi connectivity index (χ2n) is 6.47. The second kappa shape index (κ2) is 5.86. The van der Waals surface area contributed by atoms with E-state index in [1.807, 2.05) is 6.20 Å². The fourth-order valence-electron chi connectivity index (χ4n) is 3.55. The molecule has 3 aromatic heterocycles. The number of rotatable bonds is 3. The van der Waals surface area contributed by atoms with Gasteiger partial charge in [0.15, 0.2) is 5.65 Å². The summed E-state index contributed by atoms with van der Waals surface area (Å²) in [4.78, 5) is 8.24. The Labute approximate surface area is 144 Å². The van der Waals surface area contributed by atoms with Crippen LogP contribution in [0, 0.1) is 0 Å². The van der Waals surface area contributed by atoms with Gasteiger partial charge in [0, 0.05) is 55.9 Å². The lowest BCUT2D eigenvalue weighted by Gasteiger charge is -2.35. The van der Waals surface area contributed by atoms with Gasteiger partial charge in [-0.05, 0) is 11.6 Å². The molecule has 1 aromatic carbocycles. The smallest absolute Gasteiger partial charge is 0.179 e. The standard InChI is InChI=1S/C18H19N7/c1-2-4-17-16(3-1)14(10-19-17)12-23-5-7-24(8-6-23)15-9-18-22-20-13-25(18)21-11-15/h1-4,9-11,13,19H,5-8,12H2. The maximum absolute atomic E-state index is 4.36. The van der Waals surface area contributed by atoms with E-state index in [9.17, 15) is 0 Å². The maximum atomic E-state index is 4.36. The molecule has 5 rings (SSSR count). The molecule has 7 heteroatoms. The van der Waals surface area contributed by atoms with Crippen LogP contribution in [0.1, 0.15) is 5.56 Å². The van der Waals surface area contributed by atoms with Gasteiger partial charge in [0.05, 0.1) is 11.9 Å². The van der Waals surface area contributed by atoms with E-state index in [1.54, 1.807) is 10.8 Å². The zero-order valence-electron chi connectivity index (χ0n) is 13.8. The molecule has 0 atom stereocenters. The first-order chi connectivity index (χ1) is 12.4. The van der Waals surface area contributed by atoms with E-state index in [0.717, 1.165) is 44.1 Å². The van der Waals surface area contributed by atoms with Crippen LogP contribution in [0.2, 0.25) is 0 Å². The molecular weight excluding hydrogens is 314 g/mol. The zero-order chi connectivity index (χ0) is 16.6. The van der Waals surface area contributed by atoms with E-state index in [4.69, 9.17) is 0 Å². The molecule has 0 unspecified atom stereocenters. The predicted octanol–water partition coefficient (Wildman–Crippen LogP) is 1.93. The summed E-state index contributed by atoms with van der Waals surface area (Å²) < 4.78 is 1.69. The Morgan fingerprint density at radius 1 is 1.08 bits per heavy atom. The minimum absolute atomic E-state index is 0.790. The van der Waals surface area contributed by atoms with Crippen LogP contribution < -0.4 is 4.90 Å². The number of hydrogen-bond acceptors (Lipinski definition) is 5. The van der Waals surface area contributed by atoms with Gasteiger partial charge in [-0.1, -0.05) is 18.2 Å². The molecule has 1 aliphatic heterocycles. The lowest BCUT2D eigenvalue weighted by molar-refractivity contribution is 0.250. The van der Waals surface area contributed by atoms with Crippen LogP contribution in [0.5, 0.6) is 0 Å². The molecule has 0 aliphatic carbocycles. The third-order valence-corrected chi connectivity index (χ3v) is 4.95. The first-order valence-corrected chi connectivity index (χ1v) is 8.55. The van der Waals surface area contributed by atoms with Crippen LogP contribution in [0.4, 0.5) is 5.69 Å². The summed E-state index contributed by atoms with van der Waals surface area (Å²) >= 11 is 0. The molecule has 0 bridgehead atoms. The molecule has 7 nitrogen and oxygen atoms in total.